The lowest BCUT2D eigenvalue weighted by Gasteiger charge is -2.27. The summed E-state index contributed by atoms with van der Waals surface area (Å²) in [5, 5.41) is 0. The Labute approximate surface area is 155 Å². The van der Waals surface area contributed by atoms with Crippen LogP contribution in [0.4, 0.5) is 0 Å². The van der Waals surface area contributed by atoms with Crippen LogP contribution >= 0.6 is 0 Å². The van der Waals surface area contributed by atoms with E-state index in [0.29, 0.717) is 11.3 Å². The van der Waals surface area contributed by atoms with E-state index in [2.05, 4.69) is 4.84 Å². The van der Waals surface area contributed by atoms with Crippen LogP contribution in [0.25, 0.3) is 0 Å². The normalized spacial score (nSPS) is 17.7. The predicted molar refractivity (Wildman–Crippen MR) is 89.1 cm³/mol. The van der Waals surface area contributed by atoms with Crippen molar-refractivity contribution in [3.05, 3.63) is 12.2 Å². The van der Waals surface area contributed by atoms with Gasteiger partial charge >= 0.3 is 5.97 Å². The largest absolute Gasteiger partial charge is 0.341 e. The zero-order valence-electron chi connectivity index (χ0n) is 14.9. The Morgan fingerprint density at radius 2 is 1.67 bits per heavy atom. The van der Waals surface area contributed by atoms with E-state index in [1.807, 2.05) is 12.4 Å². The summed E-state index contributed by atoms with van der Waals surface area (Å²) in [7, 11) is 0. The van der Waals surface area contributed by atoms with Crippen molar-refractivity contribution in [2.24, 2.45) is 0 Å². The third-order valence-electron chi connectivity index (χ3n) is 4.21. The number of amides is 5. The Kier molecular flexibility index (Phi) is 6.80. The Morgan fingerprint density at radius 1 is 1.07 bits per heavy atom. The minimum atomic E-state index is -1.47. The van der Waals surface area contributed by atoms with E-state index >= 15 is 0 Å². The van der Waals surface area contributed by atoms with E-state index < -0.39 is 48.1 Å². The lowest BCUT2D eigenvalue weighted by atomic mass is 10.2. The van der Waals surface area contributed by atoms with Gasteiger partial charge in [-0.05, 0) is 6.42 Å². The van der Waals surface area contributed by atoms with Crippen molar-refractivity contribution in [3.63, 3.8) is 0 Å². The van der Waals surface area contributed by atoms with Crippen molar-refractivity contribution in [3.8, 4) is 0 Å². The van der Waals surface area contributed by atoms with Gasteiger partial charge in [0.05, 0.1) is 6.54 Å². The molecule has 0 aromatic rings. The van der Waals surface area contributed by atoms with Crippen LogP contribution in [0, 0.1) is 0 Å². The summed E-state index contributed by atoms with van der Waals surface area (Å²) in [6.07, 6.45) is 4.35. The van der Waals surface area contributed by atoms with Gasteiger partial charge in [0.25, 0.3) is 17.7 Å². The van der Waals surface area contributed by atoms with Gasteiger partial charge in [-0.3, -0.25) is 33.8 Å². The predicted octanol–water partition coefficient (Wildman–Crippen LogP) is -0.416. The number of unbranched alkanes of at least 4 members (excludes halogenated alkanes) is 2. The van der Waals surface area contributed by atoms with Crippen LogP contribution in [-0.4, -0.2) is 57.9 Å². The highest BCUT2D eigenvalue weighted by Crippen LogP contribution is 2.18. The Hall–Kier alpha value is -3.04. The zero-order chi connectivity index (χ0) is 20.0. The number of carbonyl (C=O) groups is 6. The Bertz CT molecular complexity index is 667. The summed E-state index contributed by atoms with van der Waals surface area (Å²) in [6, 6.07) is -1.47. The molecular weight excluding hydrogens is 358 g/mol. The molecule has 146 valence electrons. The molecule has 1 N–H and O–H groups in total. The van der Waals surface area contributed by atoms with Gasteiger partial charge in [0, 0.05) is 31.4 Å². The molecule has 2 aliphatic heterocycles. The van der Waals surface area contributed by atoms with Crippen molar-refractivity contribution < 1.29 is 33.6 Å². The number of hydrogen-bond donors (Lipinski definition) is 1. The van der Waals surface area contributed by atoms with Crippen molar-refractivity contribution in [2.75, 3.05) is 6.54 Å². The first-order valence-corrected chi connectivity index (χ1v) is 8.73. The van der Waals surface area contributed by atoms with E-state index in [0.717, 1.165) is 29.9 Å². The van der Waals surface area contributed by atoms with Gasteiger partial charge < -0.3 is 4.84 Å². The summed E-state index contributed by atoms with van der Waals surface area (Å²) < 4.78 is 0. The molecule has 0 radical (unpaired) electrons. The molecule has 0 spiro atoms. The topological polar surface area (TPSA) is 130 Å². The quantitative estimate of drug-likeness (QED) is 0.344. The molecule has 0 aliphatic carbocycles. The Balaban J connectivity index is 2.05. The van der Waals surface area contributed by atoms with Crippen molar-refractivity contribution in [1.82, 2.24) is 15.3 Å². The third kappa shape index (κ3) is 4.99. The maximum atomic E-state index is 12.5. The van der Waals surface area contributed by atoms with Gasteiger partial charge in [0.2, 0.25) is 11.8 Å². The van der Waals surface area contributed by atoms with Gasteiger partial charge in [-0.2, -0.15) is 5.48 Å². The van der Waals surface area contributed by atoms with E-state index in [4.69, 9.17) is 0 Å². The smallest absolute Gasteiger partial charge is 0.332 e. The number of nitrogens with zero attached hydrogens (tertiary/aromatic N) is 2. The molecule has 10 nitrogen and oxygen atoms in total. The number of hydrogen-bond acceptors (Lipinski definition) is 7. The maximum absolute atomic E-state index is 12.5. The van der Waals surface area contributed by atoms with Crippen LogP contribution in [0.3, 0.4) is 0 Å². The molecule has 5 amide bonds. The molecule has 2 heterocycles. The minimum Gasteiger partial charge on any atom is -0.341 e. The molecule has 1 fully saturated rings. The first kappa shape index (κ1) is 20.3. The molecule has 1 saturated heterocycles. The van der Waals surface area contributed by atoms with E-state index in [1.54, 1.807) is 0 Å². The molecule has 0 saturated carbocycles. The number of likely N-dealkylation sites (tertiary alicyclic amines) is 1. The summed E-state index contributed by atoms with van der Waals surface area (Å²) in [6.45, 7) is 1.46. The molecule has 1 unspecified atom stereocenters. The maximum Gasteiger partial charge on any atom is 0.332 e. The molecule has 2 rings (SSSR count). The fourth-order valence-corrected chi connectivity index (χ4v) is 2.75. The molecule has 10 heteroatoms. The molecule has 1 atom stereocenters. The van der Waals surface area contributed by atoms with Crippen LogP contribution in [0.5, 0.6) is 0 Å². The van der Waals surface area contributed by atoms with Crippen LogP contribution in [0.15, 0.2) is 12.2 Å². The average Bonchev–Trinajstić information content (AvgIpc) is 3.13. The SMILES string of the molecule is CCCCCC(=O)ONC(=O)C(CN1C(=O)C=CC1=O)N1C(=O)CCC1=O. The summed E-state index contributed by atoms with van der Waals surface area (Å²) >= 11 is 0. The molecule has 0 bridgehead atoms. The number of hydroxylamine groups is 1. The van der Waals surface area contributed by atoms with Crippen LogP contribution in [0.1, 0.15) is 45.4 Å². The number of carbonyl (C=O) groups excluding carboxylic acids is 6. The second kappa shape index (κ2) is 9.06. The number of nitrogens with one attached hydrogen (secondary N) is 1. The van der Waals surface area contributed by atoms with E-state index in [1.165, 1.54) is 0 Å². The van der Waals surface area contributed by atoms with Gasteiger partial charge in [-0.1, -0.05) is 19.8 Å². The van der Waals surface area contributed by atoms with E-state index in [-0.39, 0.29) is 19.3 Å². The van der Waals surface area contributed by atoms with Crippen LogP contribution in [0.2, 0.25) is 0 Å². The summed E-state index contributed by atoms with van der Waals surface area (Å²) in [4.78, 5) is 77.7. The first-order valence-electron chi connectivity index (χ1n) is 8.73. The third-order valence-corrected chi connectivity index (χ3v) is 4.21. The Morgan fingerprint density at radius 3 is 2.22 bits per heavy atom. The molecule has 2 aliphatic rings. The zero-order valence-corrected chi connectivity index (χ0v) is 14.9. The van der Waals surface area contributed by atoms with Gasteiger partial charge in [0.15, 0.2) is 0 Å². The molecule has 27 heavy (non-hydrogen) atoms. The van der Waals surface area contributed by atoms with Gasteiger partial charge in [-0.25, -0.2) is 4.79 Å². The standard InChI is InChI=1S/C17H21N3O7/c1-2-3-4-5-16(25)27-18-17(26)11(20-14(23)8-9-15(20)24)10-19-12(21)6-7-13(19)22/h6-7,11H,2-5,8-10H2,1H3,(H,18,26). The molecule has 0 aromatic carbocycles. The highest BCUT2D eigenvalue weighted by molar-refractivity contribution is 6.13. The van der Waals surface area contributed by atoms with Crippen LogP contribution < -0.4 is 5.48 Å². The monoisotopic (exact) mass is 379 g/mol. The van der Waals surface area contributed by atoms with Crippen molar-refractivity contribution in [2.45, 2.75) is 51.5 Å². The average molecular weight is 379 g/mol. The number of imide groups is 2. The highest BCUT2D eigenvalue weighted by atomic mass is 16.7. The fourth-order valence-electron chi connectivity index (χ4n) is 2.75. The molecule has 0 aromatic heterocycles. The summed E-state index contributed by atoms with van der Waals surface area (Å²) in [5.41, 5.74) is 1.93. The molecular formula is C17H21N3O7. The lowest BCUT2D eigenvalue weighted by molar-refractivity contribution is -0.163. The second-order valence-electron chi connectivity index (χ2n) is 6.19. The van der Waals surface area contributed by atoms with Crippen molar-refractivity contribution in [1.29, 1.82) is 0 Å². The highest BCUT2D eigenvalue weighted by Gasteiger charge is 2.42. The van der Waals surface area contributed by atoms with Crippen molar-refractivity contribution >= 4 is 35.5 Å². The fraction of sp³-hybridized carbons (Fsp3) is 0.529. The second-order valence-corrected chi connectivity index (χ2v) is 6.19. The minimum absolute atomic E-state index is 0.0699. The summed E-state index contributed by atoms with van der Waals surface area (Å²) in [5.74, 6) is -4.13. The van der Waals surface area contributed by atoms with Crippen LogP contribution in [-0.2, 0) is 33.6 Å². The lowest BCUT2D eigenvalue weighted by Crippen LogP contribution is -2.55. The van der Waals surface area contributed by atoms with Gasteiger partial charge in [0.1, 0.15) is 6.04 Å². The van der Waals surface area contributed by atoms with E-state index in [9.17, 15) is 28.8 Å². The number of rotatable bonds is 8. The van der Waals surface area contributed by atoms with Gasteiger partial charge in [-0.15, -0.1) is 0 Å². The first-order chi connectivity index (χ1) is 12.8.